The Hall–Kier alpha value is -2.69. The molecule has 0 saturated heterocycles. The molecule has 0 amide bonds. The van der Waals surface area contributed by atoms with Crippen molar-refractivity contribution in [3.8, 4) is 11.5 Å². The highest BCUT2D eigenvalue weighted by Crippen LogP contribution is 2.28. The SMILES string of the molecule is COc1ccc(OC)c(NC(N)=NCC(C)c2ccc(C)cc2)c1. The summed E-state index contributed by atoms with van der Waals surface area (Å²) in [6.45, 7) is 4.82. The molecule has 0 heterocycles. The Labute approximate surface area is 143 Å². The molecular formula is C19H25N3O2. The topological polar surface area (TPSA) is 68.9 Å². The molecule has 0 aliphatic carbocycles. The fraction of sp³-hybridized carbons (Fsp3) is 0.316. The minimum atomic E-state index is 0.290. The average molecular weight is 327 g/mol. The molecule has 2 rings (SSSR count). The van der Waals surface area contributed by atoms with Crippen LogP contribution in [0.4, 0.5) is 5.69 Å². The Balaban J connectivity index is 2.04. The van der Waals surface area contributed by atoms with E-state index in [4.69, 9.17) is 15.2 Å². The molecule has 1 atom stereocenters. The number of hydrogen-bond acceptors (Lipinski definition) is 3. The van der Waals surface area contributed by atoms with E-state index in [9.17, 15) is 0 Å². The minimum absolute atomic E-state index is 0.290. The van der Waals surface area contributed by atoms with E-state index >= 15 is 0 Å². The summed E-state index contributed by atoms with van der Waals surface area (Å²) in [4.78, 5) is 4.44. The summed E-state index contributed by atoms with van der Waals surface area (Å²) in [6, 6.07) is 14.0. The van der Waals surface area contributed by atoms with Gasteiger partial charge in [0, 0.05) is 18.5 Å². The van der Waals surface area contributed by atoms with E-state index < -0.39 is 0 Å². The first-order valence-electron chi connectivity index (χ1n) is 7.89. The normalized spacial score (nSPS) is 12.6. The summed E-state index contributed by atoms with van der Waals surface area (Å²) >= 11 is 0. The molecule has 0 radical (unpaired) electrons. The third-order valence-corrected chi connectivity index (χ3v) is 3.85. The van der Waals surface area contributed by atoms with Gasteiger partial charge < -0.3 is 20.5 Å². The summed E-state index contributed by atoms with van der Waals surface area (Å²) in [5, 5.41) is 3.07. The first-order valence-corrected chi connectivity index (χ1v) is 7.89. The lowest BCUT2D eigenvalue weighted by Gasteiger charge is -2.13. The Bertz CT molecular complexity index is 696. The molecular weight excluding hydrogens is 302 g/mol. The van der Waals surface area contributed by atoms with Crippen molar-refractivity contribution in [2.45, 2.75) is 19.8 Å². The lowest BCUT2D eigenvalue weighted by atomic mass is 10.0. The van der Waals surface area contributed by atoms with Gasteiger partial charge in [0.1, 0.15) is 11.5 Å². The Morgan fingerprint density at radius 2 is 1.83 bits per heavy atom. The number of anilines is 1. The molecule has 1 unspecified atom stereocenters. The van der Waals surface area contributed by atoms with E-state index in [0.29, 0.717) is 18.3 Å². The second-order valence-electron chi connectivity index (χ2n) is 5.73. The highest BCUT2D eigenvalue weighted by molar-refractivity contribution is 5.94. The van der Waals surface area contributed by atoms with E-state index in [1.165, 1.54) is 11.1 Å². The number of ether oxygens (including phenoxy) is 2. The summed E-state index contributed by atoms with van der Waals surface area (Å²) in [7, 11) is 3.23. The number of hydrogen-bond donors (Lipinski definition) is 2. The van der Waals surface area contributed by atoms with E-state index in [2.05, 4.69) is 48.4 Å². The van der Waals surface area contributed by atoms with Gasteiger partial charge in [-0.25, -0.2) is 0 Å². The first-order chi connectivity index (χ1) is 11.5. The summed E-state index contributed by atoms with van der Waals surface area (Å²) in [6.07, 6.45) is 0. The van der Waals surface area contributed by atoms with Crippen molar-refractivity contribution in [2.75, 3.05) is 26.1 Å². The Morgan fingerprint density at radius 3 is 2.46 bits per heavy atom. The fourth-order valence-electron chi connectivity index (χ4n) is 2.32. The fourth-order valence-corrected chi connectivity index (χ4v) is 2.32. The van der Waals surface area contributed by atoms with Crippen LogP contribution in [0.2, 0.25) is 0 Å². The molecule has 5 nitrogen and oxygen atoms in total. The number of aryl methyl sites for hydroxylation is 1. The smallest absolute Gasteiger partial charge is 0.193 e. The monoisotopic (exact) mass is 327 g/mol. The number of nitrogens with two attached hydrogens (primary N) is 1. The van der Waals surface area contributed by atoms with Crippen LogP contribution in [-0.2, 0) is 0 Å². The number of benzene rings is 2. The zero-order valence-electron chi connectivity index (χ0n) is 14.7. The van der Waals surface area contributed by atoms with Crippen LogP contribution < -0.4 is 20.5 Å². The van der Waals surface area contributed by atoms with Gasteiger partial charge in [-0.1, -0.05) is 36.8 Å². The average Bonchev–Trinajstić information content (AvgIpc) is 2.60. The van der Waals surface area contributed by atoms with Crippen molar-refractivity contribution in [3.63, 3.8) is 0 Å². The van der Waals surface area contributed by atoms with Crippen LogP contribution in [0.5, 0.6) is 11.5 Å². The van der Waals surface area contributed by atoms with E-state index in [1.54, 1.807) is 14.2 Å². The lowest BCUT2D eigenvalue weighted by molar-refractivity contribution is 0.405. The molecule has 0 aliphatic heterocycles. The van der Waals surface area contributed by atoms with Gasteiger partial charge in [0.25, 0.3) is 0 Å². The zero-order chi connectivity index (χ0) is 17.5. The molecule has 5 heteroatoms. The predicted molar refractivity (Wildman–Crippen MR) is 99.3 cm³/mol. The van der Waals surface area contributed by atoms with Crippen molar-refractivity contribution in [1.29, 1.82) is 0 Å². The van der Waals surface area contributed by atoms with Gasteiger partial charge in [-0.15, -0.1) is 0 Å². The van der Waals surface area contributed by atoms with Gasteiger partial charge in [-0.2, -0.15) is 0 Å². The highest BCUT2D eigenvalue weighted by Gasteiger charge is 2.08. The molecule has 24 heavy (non-hydrogen) atoms. The third kappa shape index (κ3) is 4.65. The van der Waals surface area contributed by atoms with Gasteiger partial charge in [-0.3, -0.25) is 4.99 Å². The number of guanidine groups is 1. The second kappa shape index (κ2) is 8.24. The maximum atomic E-state index is 6.01. The van der Waals surface area contributed by atoms with Crippen molar-refractivity contribution in [2.24, 2.45) is 10.7 Å². The first kappa shape index (κ1) is 17.7. The number of nitrogens with zero attached hydrogens (tertiary/aromatic N) is 1. The van der Waals surface area contributed by atoms with Crippen LogP contribution in [0.15, 0.2) is 47.5 Å². The largest absolute Gasteiger partial charge is 0.497 e. The van der Waals surface area contributed by atoms with Gasteiger partial charge in [-0.05, 0) is 24.6 Å². The van der Waals surface area contributed by atoms with Crippen molar-refractivity contribution in [1.82, 2.24) is 0 Å². The molecule has 0 aliphatic rings. The number of rotatable bonds is 6. The lowest BCUT2D eigenvalue weighted by Crippen LogP contribution is -2.23. The molecule has 0 spiro atoms. The Morgan fingerprint density at radius 1 is 1.12 bits per heavy atom. The van der Waals surface area contributed by atoms with E-state index in [-0.39, 0.29) is 5.92 Å². The molecule has 0 fully saturated rings. The van der Waals surface area contributed by atoms with Crippen molar-refractivity contribution >= 4 is 11.6 Å². The molecule has 0 bridgehead atoms. The quantitative estimate of drug-likeness (QED) is 0.629. The number of nitrogens with one attached hydrogen (secondary N) is 1. The molecule has 0 saturated carbocycles. The van der Waals surface area contributed by atoms with Crippen LogP contribution in [0, 0.1) is 6.92 Å². The molecule has 0 aromatic heterocycles. The van der Waals surface area contributed by atoms with Crippen LogP contribution in [0.3, 0.4) is 0 Å². The maximum absolute atomic E-state index is 6.01. The number of methoxy groups -OCH3 is 2. The molecule has 128 valence electrons. The van der Waals surface area contributed by atoms with Crippen molar-refractivity contribution < 1.29 is 9.47 Å². The maximum Gasteiger partial charge on any atom is 0.193 e. The number of aliphatic imine (C=N–C) groups is 1. The van der Waals surface area contributed by atoms with Crippen LogP contribution in [0.25, 0.3) is 0 Å². The minimum Gasteiger partial charge on any atom is -0.497 e. The summed E-state index contributed by atoms with van der Waals surface area (Å²) in [5.74, 6) is 2.04. The molecule has 2 aromatic carbocycles. The Kier molecular flexibility index (Phi) is 6.07. The van der Waals surface area contributed by atoms with Crippen molar-refractivity contribution in [3.05, 3.63) is 53.6 Å². The summed E-state index contributed by atoms with van der Waals surface area (Å²) < 4.78 is 10.5. The standard InChI is InChI=1S/C19H25N3O2/c1-13-5-7-15(8-6-13)14(2)12-21-19(20)22-17-11-16(23-3)9-10-18(17)24-4/h5-11,14H,12H2,1-4H3,(H3,20,21,22). The highest BCUT2D eigenvalue weighted by atomic mass is 16.5. The van der Waals surface area contributed by atoms with E-state index in [1.807, 2.05) is 18.2 Å². The molecule has 3 N–H and O–H groups in total. The third-order valence-electron chi connectivity index (χ3n) is 3.85. The van der Waals surface area contributed by atoms with Crippen LogP contribution >= 0.6 is 0 Å². The zero-order valence-corrected chi connectivity index (χ0v) is 14.7. The van der Waals surface area contributed by atoms with Crippen LogP contribution in [-0.4, -0.2) is 26.7 Å². The predicted octanol–water partition coefficient (Wildman–Crippen LogP) is 3.54. The van der Waals surface area contributed by atoms with Gasteiger partial charge >= 0.3 is 0 Å². The van der Waals surface area contributed by atoms with Gasteiger partial charge in [0.15, 0.2) is 5.96 Å². The van der Waals surface area contributed by atoms with Gasteiger partial charge in [0.2, 0.25) is 0 Å². The molecule has 2 aromatic rings. The van der Waals surface area contributed by atoms with E-state index in [0.717, 1.165) is 11.4 Å². The summed E-state index contributed by atoms with van der Waals surface area (Å²) in [5.41, 5.74) is 9.23. The van der Waals surface area contributed by atoms with Crippen LogP contribution in [0.1, 0.15) is 24.0 Å². The second-order valence-corrected chi connectivity index (χ2v) is 5.73. The van der Waals surface area contributed by atoms with Gasteiger partial charge in [0.05, 0.1) is 19.9 Å².